The van der Waals surface area contributed by atoms with E-state index in [1.54, 1.807) is 12.1 Å². The summed E-state index contributed by atoms with van der Waals surface area (Å²) >= 11 is 0. The van der Waals surface area contributed by atoms with Gasteiger partial charge in [0.15, 0.2) is 11.7 Å². The SMILES string of the molecule is C=C(C)C1=NC(C(=O)CCc2cccc(C)c2)=N/C(=C/C)N1NC. The standard InChI is InChI=1S/C19H24N4O/c1-6-17-21-18(22-19(13(2)3)23(17)20-5)16(24)11-10-15-9-7-8-14(4)12-15/h6-9,12,20H,2,10-11H2,1,3-5H3/b17-6-. The highest BCUT2D eigenvalue weighted by atomic mass is 16.1. The van der Waals surface area contributed by atoms with Crippen LogP contribution in [0.2, 0.25) is 0 Å². The second-order valence-electron chi connectivity index (χ2n) is 5.77. The Morgan fingerprint density at radius 2 is 2.12 bits per heavy atom. The van der Waals surface area contributed by atoms with Crippen molar-refractivity contribution in [3.63, 3.8) is 0 Å². The van der Waals surface area contributed by atoms with E-state index in [1.165, 1.54) is 5.56 Å². The van der Waals surface area contributed by atoms with Crippen LogP contribution in [0.4, 0.5) is 0 Å². The van der Waals surface area contributed by atoms with E-state index in [9.17, 15) is 4.79 Å². The van der Waals surface area contributed by atoms with Gasteiger partial charge in [-0.05, 0) is 44.4 Å². The van der Waals surface area contributed by atoms with Crippen LogP contribution in [0.25, 0.3) is 0 Å². The quantitative estimate of drug-likeness (QED) is 0.874. The minimum absolute atomic E-state index is 0.0645. The van der Waals surface area contributed by atoms with Gasteiger partial charge in [0.05, 0.1) is 0 Å². The van der Waals surface area contributed by atoms with Crippen molar-refractivity contribution in [3.05, 3.63) is 59.4 Å². The first kappa shape index (κ1) is 17.8. The smallest absolute Gasteiger partial charge is 0.200 e. The Morgan fingerprint density at radius 1 is 1.38 bits per heavy atom. The maximum absolute atomic E-state index is 12.5. The van der Waals surface area contributed by atoms with Crippen LogP contribution in [-0.4, -0.2) is 29.5 Å². The van der Waals surface area contributed by atoms with Gasteiger partial charge in [-0.2, -0.15) is 0 Å². The number of rotatable bonds is 6. The van der Waals surface area contributed by atoms with Gasteiger partial charge in [-0.15, -0.1) is 0 Å². The molecular weight excluding hydrogens is 300 g/mol. The van der Waals surface area contributed by atoms with Crippen molar-refractivity contribution in [2.24, 2.45) is 9.98 Å². The normalized spacial score (nSPS) is 16.0. The van der Waals surface area contributed by atoms with E-state index in [4.69, 9.17) is 0 Å². The number of allylic oxidation sites excluding steroid dienone is 1. The molecule has 0 bridgehead atoms. The Kier molecular flexibility index (Phi) is 5.82. The number of aliphatic imine (C=N–C) groups is 2. The van der Waals surface area contributed by atoms with Crippen LogP contribution in [-0.2, 0) is 11.2 Å². The van der Waals surface area contributed by atoms with E-state index >= 15 is 0 Å². The molecule has 0 unspecified atom stereocenters. The molecule has 2 rings (SSSR count). The minimum atomic E-state index is -0.0645. The number of aryl methyl sites for hydroxylation is 2. The molecule has 24 heavy (non-hydrogen) atoms. The number of hydrogen-bond donors (Lipinski definition) is 1. The number of nitrogens with zero attached hydrogens (tertiary/aromatic N) is 3. The Morgan fingerprint density at radius 3 is 2.71 bits per heavy atom. The van der Waals surface area contributed by atoms with Crippen molar-refractivity contribution in [3.8, 4) is 0 Å². The summed E-state index contributed by atoms with van der Waals surface area (Å²) < 4.78 is 0. The highest BCUT2D eigenvalue weighted by Gasteiger charge is 2.24. The Bertz CT molecular complexity index is 743. The Balaban J connectivity index is 2.18. The number of Topliss-reactive ketones (excluding diaryl/α,β-unsaturated/α-hetero) is 1. The summed E-state index contributed by atoms with van der Waals surface area (Å²) in [7, 11) is 1.78. The molecule has 1 heterocycles. The number of amidine groups is 2. The third-order valence-electron chi connectivity index (χ3n) is 3.71. The molecule has 1 aromatic rings. The number of nitrogens with one attached hydrogen (secondary N) is 1. The largest absolute Gasteiger partial charge is 0.291 e. The molecule has 0 amide bonds. The van der Waals surface area contributed by atoms with Crippen molar-refractivity contribution in [1.29, 1.82) is 0 Å². The van der Waals surface area contributed by atoms with E-state index in [0.717, 1.165) is 11.1 Å². The molecule has 1 aliphatic heterocycles. The van der Waals surface area contributed by atoms with E-state index in [2.05, 4.69) is 28.1 Å². The fraction of sp³-hybridized carbons (Fsp3) is 0.316. The molecule has 1 N–H and O–H groups in total. The molecule has 0 spiro atoms. The van der Waals surface area contributed by atoms with Crippen molar-refractivity contribution >= 4 is 17.5 Å². The lowest BCUT2D eigenvalue weighted by Gasteiger charge is -2.28. The maximum atomic E-state index is 12.5. The van der Waals surface area contributed by atoms with E-state index in [1.807, 2.05) is 45.0 Å². The summed E-state index contributed by atoms with van der Waals surface area (Å²) in [5.74, 6) is 1.43. The van der Waals surface area contributed by atoms with Crippen LogP contribution >= 0.6 is 0 Å². The van der Waals surface area contributed by atoms with Crippen LogP contribution in [0.15, 0.2) is 58.3 Å². The second-order valence-corrected chi connectivity index (χ2v) is 5.77. The zero-order valence-corrected chi connectivity index (χ0v) is 14.8. The molecule has 0 saturated heterocycles. The first-order valence-corrected chi connectivity index (χ1v) is 8.02. The average molecular weight is 324 g/mol. The number of hydrogen-bond acceptors (Lipinski definition) is 5. The molecule has 0 aromatic heterocycles. The van der Waals surface area contributed by atoms with Crippen LogP contribution in [0.3, 0.4) is 0 Å². The Hall–Kier alpha value is -2.53. The third-order valence-corrected chi connectivity index (χ3v) is 3.71. The molecule has 5 nitrogen and oxygen atoms in total. The zero-order chi connectivity index (χ0) is 17.7. The van der Waals surface area contributed by atoms with Crippen molar-refractivity contribution in [2.45, 2.75) is 33.6 Å². The van der Waals surface area contributed by atoms with Gasteiger partial charge in [0.1, 0.15) is 5.82 Å². The second kappa shape index (κ2) is 7.84. The van der Waals surface area contributed by atoms with Crippen molar-refractivity contribution < 1.29 is 4.79 Å². The first-order valence-electron chi connectivity index (χ1n) is 8.02. The van der Waals surface area contributed by atoms with Gasteiger partial charge in [-0.1, -0.05) is 36.4 Å². The van der Waals surface area contributed by atoms with Gasteiger partial charge in [-0.3, -0.25) is 4.79 Å². The maximum Gasteiger partial charge on any atom is 0.200 e. The summed E-state index contributed by atoms with van der Waals surface area (Å²) in [6, 6.07) is 8.18. The molecule has 1 aromatic carbocycles. The predicted molar refractivity (Wildman–Crippen MR) is 98.8 cm³/mol. The fourth-order valence-corrected chi connectivity index (χ4v) is 2.50. The van der Waals surface area contributed by atoms with Crippen LogP contribution in [0.1, 0.15) is 31.4 Å². The lowest BCUT2D eigenvalue weighted by Crippen LogP contribution is -2.43. The molecule has 0 fully saturated rings. The van der Waals surface area contributed by atoms with Gasteiger partial charge in [0.2, 0.25) is 5.78 Å². The van der Waals surface area contributed by atoms with Gasteiger partial charge < -0.3 is 0 Å². The lowest BCUT2D eigenvalue weighted by atomic mass is 10.0. The van der Waals surface area contributed by atoms with Gasteiger partial charge >= 0.3 is 0 Å². The average Bonchev–Trinajstić information content (AvgIpc) is 2.58. The Labute approximate surface area is 143 Å². The van der Waals surface area contributed by atoms with Crippen LogP contribution < -0.4 is 5.43 Å². The van der Waals surface area contributed by atoms with Gasteiger partial charge in [-0.25, -0.2) is 20.4 Å². The fourth-order valence-electron chi connectivity index (χ4n) is 2.50. The van der Waals surface area contributed by atoms with E-state index in [0.29, 0.717) is 24.5 Å². The monoisotopic (exact) mass is 324 g/mol. The summed E-state index contributed by atoms with van der Waals surface area (Å²) in [6.45, 7) is 9.72. The minimum Gasteiger partial charge on any atom is -0.291 e. The van der Waals surface area contributed by atoms with Crippen LogP contribution in [0.5, 0.6) is 0 Å². The lowest BCUT2D eigenvalue weighted by molar-refractivity contribution is -0.113. The van der Waals surface area contributed by atoms with E-state index in [-0.39, 0.29) is 11.6 Å². The third kappa shape index (κ3) is 4.06. The first-order chi connectivity index (χ1) is 11.5. The van der Waals surface area contributed by atoms with Crippen molar-refractivity contribution in [1.82, 2.24) is 10.4 Å². The number of hydrazine groups is 1. The topological polar surface area (TPSA) is 57.1 Å². The van der Waals surface area contributed by atoms with E-state index < -0.39 is 0 Å². The molecule has 5 heteroatoms. The molecule has 0 atom stereocenters. The number of carbonyl (C=O) groups excluding carboxylic acids is 1. The molecule has 0 radical (unpaired) electrons. The number of benzene rings is 1. The molecule has 0 aliphatic carbocycles. The molecule has 126 valence electrons. The van der Waals surface area contributed by atoms with Gasteiger partial charge in [0.25, 0.3) is 0 Å². The highest BCUT2D eigenvalue weighted by molar-refractivity contribution is 6.42. The molecular formula is C19H24N4O. The van der Waals surface area contributed by atoms with Crippen molar-refractivity contribution in [2.75, 3.05) is 7.05 Å². The molecule has 1 aliphatic rings. The predicted octanol–water partition coefficient (Wildman–Crippen LogP) is 3.18. The molecule has 0 saturated carbocycles. The number of carbonyl (C=O) groups is 1. The number of ketones is 1. The summed E-state index contributed by atoms with van der Waals surface area (Å²) in [4.78, 5) is 21.3. The zero-order valence-electron chi connectivity index (χ0n) is 14.8. The van der Waals surface area contributed by atoms with Gasteiger partial charge in [0, 0.05) is 13.5 Å². The summed E-state index contributed by atoms with van der Waals surface area (Å²) in [6.07, 6.45) is 2.89. The summed E-state index contributed by atoms with van der Waals surface area (Å²) in [5.41, 5.74) is 6.12. The highest BCUT2D eigenvalue weighted by Crippen LogP contribution is 2.16. The van der Waals surface area contributed by atoms with Crippen LogP contribution in [0, 0.1) is 6.92 Å². The summed E-state index contributed by atoms with van der Waals surface area (Å²) in [5, 5.41) is 1.72.